The number of benzene rings is 2. The summed E-state index contributed by atoms with van der Waals surface area (Å²) in [6.07, 6.45) is -4.26. The van der Waals surface area contributed by atoms with Crippen LogP contribution in [0.2, 0.25) is 10.0 Å². The third-order valence-corrected chi connectivity index (χ3v) is 4.72. The number of carbonyl (C=O) groups is 2. The average molecular weight is 459 g/mol. The Hall–Kier alpha value is -2.71. The predicted molar refractivity (Wildman–Crippen MR) is 107 cm³/mol. The number of ether oxygens (including phenoxy) is 1. The van der Waals surface area contributed by atoms with Crippen LogP contribution >= 0.6 is 23.2 Å². The predicted octanol–water partition coefficient (Wildman–Crippen LogP) is 5.49. The lowest BCUT2D eigenvalue weighted by molar-refractivity contribution is -0.274. The van der Waals surface area contributed by atoms with Crippen molar-refractivity contribution in [2.75, 3.05) is 11.9 Å². The van der Waals surface area contributed by atoms with Gasteiger partial charge in [0.05, 0.1) is 10.6 Å². The van der Waals surface area contributed by atoms with Crippen LogP contribution in [0, 0.1) is 0 Å². The fraction of sp³-hybridized carbons (Fsp3) is 0.200. The molecular formula is C20H15Cl2F3N2O3. The van der Waals surface area contributed by atoms with E-state index in [0.717, 1.165) is 17.0 Å². The van der Waals surface area contributed by atoms with Gasteiger partial charge in [0, 0.05) is 22.8 Å². The standard InChI is InChI=1S/C20H15Cl2F3N2O3/c1-2-9-27-18(28)16(14-8-3-11(21)10-15(14)22)17(19(27)29)26-12-4-6-13(7-5-12)30-20(23,24)25/h3-8,10,26H,2,9H2,1H3. The maximum absolute atomic E-state index is 12.9. The van der Waals surface area contributed by atoms with Gasteiger partial charge in [0.2, 0.25) is 0 Å². The van der Waals surface area contributed by atoms with Gasteiger partial charge in [0.15, 0.2) is 0 Å². The summed E-state index contributed by atoms with van der Waals surface area (Å²) in [5, 5.41) is 3.38. The van der Waals surface area contributed by atoms with Gasteiger partial charge in [-0.2, -0.15) is 0 Å². The van der Waals surface area contributed by atoms with Gasteiger partial charge in [0.1, 0.15) is 11.4 Å². The Morgan fingerprint density at radius 1 is 1.03 bits per heavy atom. The quantitative estimate of drug-likeness (QED) is 0.581. The van der Waals surface area contributed by atoms with Crippen molar-refractivity contribution in [2.24, 2.45) is 0 Å². The van der Waals surface area contributed by atoms with Crippen molar-refractivity contribution in [3.63, 3.8) is 0 Å². The molecule has 0 fully saturated rings. The first kappa shape index (κ1) is 22.0. The van der Waals surface area contributed by atoms with Gasteiger partial charge in [-0.3, -0.25) is 14.5 Å². The minimum Gasteiger partial charge on any atom is -0.406 e. The lowest BCUT2D eigenvalue weighted by atomic mass is 10.0. The van der Waals surface area contributed by atoms with Gasteiger partial charge in [0.25, 0.3) is 11.8 Å². The number of nitrogens with zero attached hydrogens (tertiary/aromatic N) is 1. The summed E-state index contributed by atoms with van der Waals surface area (Å²) in [7, 11) is 0. The second kappa shape index (κ2) is 8.57. The Bertz CT molecular complexity index is 1020. The molecule has 0 aromatic heterocycles. The summed E-state index contributed by atoms with van der Waals surface area (Å²) in [5.74, 6) is -1.49. The summed E-state index contributed by atoms with van der Waals surface area (Å²) in [6, 6.07) is 9.31. The summed E-state index contributed by atoms with van der Waals surface area (Å²) in [5.41, 5.74) is 0.645. The highest BCUT2D eigenvalue weighted by molar-refractivity contribution is 6.41. The molecule has 0 radical (unpaired) electrons. The second-order valence-electron chi connectivity index (χ2n) is 6.33. The van der Waals surface area contributed by atoms with Crippen LogP contribution in [0.1, 0.15) is 18.9 Å². The molecule has 1 N–H and O–H groups in total. The van der Waals surface area contributed by atoms with Crippen LogP contribution in [0.15, 0.2) is 48.2 Å². The number of imide groups is 1. The summed E-state index contributed by atoms with van der Waals surface area (Å²) < 4.78 is 40.8. The molecule has 1 heterocycles. The largest absolute Gasteiger partial charge is 0.573 e. The minimum absolute atomic E-state index is 0.0258. The van der Waals surface area contributed by atoms with Crippen molar-refractivity contribution in [2.45, 2.75) is 19.7 Å². The maximum Gasteiger partial charge on any atom is 0.573 e. The zero-order valence-electron chi connectivity index (χ0n) is 15.5. The van der Waals surface area contributed by atoms with E-state index in [1.54, 1.807) is 0 Å². The Kier molecular flexibility index (Phi) is 6.28. The number of rotatable bonds is 6. The van der Waals surface area contributed by atoms with Crippen LogP contribution in [0.25, 0.3) is 5.57 Å². The SMILES string of the molecule is CCCN1C(=O)C(Nc2ccc(OC(F)(F)F)cc2)=C(c2ccc(Cl)cc2Cl)C1=O. The van der Waals surface area contributed by atoms with E-state index < -0.39 is 23.9 Å². The van der Waals surface area contributed by atoms with E-state index in [2.05, 4.69) is 10.1 Å². The van der Waals surface area contributed by atoms with Crippen LogP contribution < -0.4 is 10.1 Å². The van der Waals surface area contributed by atoms with Gasteiger partial charge < -0.3 is 10.1 Å². The van der Waals surface area contributed by atoms with E-state index in [4.69, 9.17) is 23.2 Å². The molecule has 0 atom stereocenters. The molecule has 5 nitrogen and oxygen atoms in total. The number of anilines is 1. The molecule has 10 heteroatoms. The molecule has 0 unspecified atom stereocenters. The van der Waals surface area contributed by atoms with Crippen molar-refractivity contribution in [3.05, 3.63) is 63.8 Å². The molecule has 0 saturated heterocycles. The zero-order chi connectivity index (χ0) is 22.1. The van der Waals surface area contributed by atoms with E-state index in [1.165, 1.54) is 30.3 Å². The molecule has 158 valence electrons. The van der Waals surface area contributed by atoms with Gasteiger partial charge in [-0.25, -0.2) is 0 Å². The Morgan fingerprint density at radius 2 is 1.70 bits per heavy atom. The van der Waals surface area contributed by atoms with E-state index in [9.17, 15) is 22.8 Å². The molecule has 0 aliphatic carbocycles. The smallest absolute Gasteiger partial charge is 0.406 e. The normalized spacial score (nSPS) is 14.5. The molecule has 3 rings (SSSR count). The lowest BCUT2D eigenvalue weighted by Crippen LogP contribution is -2.33. The number of nitrogens with one attached hydrogen (secondary N) is 1. The third-order valence-electron chi connectivity index (χ3n) is 4.17. The van der Waals surface area contributed by atoms with Crippen LogP contribution in [0.4, 0.5) is 18.9 Å². The van der Waals surface area contributed by atoms with Crippen molar-refractivity contribution in [1.82, 2.24) is 4.90 Å². The fourth-order valence-corrected chi connectivity index (χ4v) is 3.45. The highest BCUT2D eigenvalue weighted by Gasteiger charge is 2.39. The summed E-state index contributed by atoms with van der Waals surface area (Å²) in [6.45, 7) is 2.02. The number of halogens is 5. The first-order valence-electron chi connectivity index (χ1n) is 8.79. The molecule has 2 aromatic rings. The van der Waals surface area contributed by atoms with E-state index in [-0.39, 0.29) is 22.8 Å². The van der Waals surface area contributed by atoms with Crippen LogP contribution in [-0.2, 0) is 9.59 Å². The first-order valence-corrected chi connectivity index (χ1v) is 9.55. The van der Waals surface area contributed by atoms with Gasteiger partial charge >= 0.3 is 6.36 Å². The summed E-state index contributed by atoms with van der Waals surface area (Å²) in [4.78, 5) is 26.9. The third kappa shape index (κ3) is 4.71. The highest BCUT2D eigenvalue weighted by atomic mass is 35.5. The van der Waals surface area contributed by atoms with E-state index >= 15 is 0 Å². The molecule has 2 amide bonds. The molecular weight excluding hydrogens is 444 g/mol. The van der Waals surface area contributed by atoms with Crippen molar-refractivity contribution in [3.8, 4) is 5.75 Å². The number of hydrogen-bond donors (Lipinski definition) is 1. The molecule has 0 spiro atoms. The van der Waals surface area contributed by atoms with E-state index in [0.29, 0.717) is 22.7 Å². The van der Waals surface area contributed by atoms with Crippen molar-refractivity contribution >= 4 is 46.3 Å². The number of amides is 2. The van der Waals surface area contributed by atoms with Crippen molar-refractivity contribution in [1.29, 1.82) is 0 Å². The van der Waals surface area contributed by atoms with E-state index in [1.807, 2.05) is 6.92 Å². The second-order valence-corrected chi connectivity index (χ2v) is 7.18. The molecule has 0 saturated carbocycles. The maximum atomic E-state index is 12.9. The summed E-state index contributed by atoms with van der Waals surface area (Å²) >= 11 is 12.2. The van der Waals surface area contributed by atoms with Crippen LogP contribution in [0.3, 0.4) is 0 Å². The lowest BCUT2D eigenvalue weighted by Gasteiger charge is -2.14. The Morgan fingerprint density at radius 3 is 2.27 bits per heavy atom. The number of alkyl halides is 3. The monoisotopic (exact) mass is 458 g/mol. The molecule has 1 aliphatic heterocycles. The van der Waals surface area contributed by atoms with Gasteiger partial charge in [-0.05, 0) is 42.8 Å². The van der Waals surface area contributed by atoms with Crippen LogP contribution in [-0.4, -0.2) is 29.6 Å². The van der Waals surface area contributed by atoms with Crippen molar-refractivity contribution < 1.29 is 27.5 Å². The molecule has 30 heavy (non-hydrogen) atoms. The average Bonchev–Trinajstić information content (AvgIpc) is 2.87. The molecule has 0 bridgehead atoms. The Balaban J connectivity index is 1.99. The number of carbonyl (C=O) groups excluding carboxylic acids is 2. The zero-order valence-corrected chi connectivity index (χ0v) is 17.0. The van der Waals surface area contributed by atoms with Gasteiger partial charge in [-0.15, -0.1) is 13.2 Å². The van der Waals surface area contributed by atoms with Gasteiger partial charge in [-0.1, -0.05) is 36.2 Å². The highest BCUT2D eigenvalue weighted by Crippen LogP contribution is 2.35. The van der Waals surface area contributed by atoms with Crippen LogP contribution in [0.5, 0.6) is 5.75 Å². The minimum atomic E-state index is -4.82. The molecule has 1 aliphatic rings. The fourth-order valence-electron chi connectivity index (χ4n) is 2.95. The topological polar surface area (TPSA) is 58.6 Å². The Labute approximate surface area is 180 Å². The molecule has 2 aromatic carbocycles. The first-order chi connectivity index (χ1) is 14.1. The number of hydrogen-bond acceptors (Lipinski definition) is 4.